The molecule has 0 saturated carbocycles. The first-order chi connectivity index (χ1) is 16.2. The third kappa shape index (κ3) is 5.05. The van der Waals surface area contributed by atoms with Crippen LogP contribution in [0.15, 0.2) is 29.1 Å². The molecule has 174 valence electrons. The molecule has 0 unspecified atom stereocenters. The number of aromatic nitrogens is 6. The van der Waals surface area contributed by atoms with Gasteiger partial charge in [0.25, 0.3) is 5.56 Å². The maximum atomic E-state index is 12.4. The highest BCUT2D eigenvalue weighted by Gasteiger charge is 2.23. The Bertz CT molecular complexity index is 1130. The average molecular weight is 451 g/mol. The van der Waals surface area contributed by atoms with Crippen molar-refractivity contribution >= 4 is 5.95 Å². The van der Waals surface area contributed by atoms with Crippen LogP contribution in [-0.4, -0.2) is 61.3 Å². The molecule has 0 radical (unpaired) electrons. The summed E-state index contributed by atoms with van der Waals surface area (Å²) in [7, 11) is 1.66. The predicted octanol–water partition coefficient (Wildman–Crippen LogP) is 1.77. The van der Waals surface area contributed by atoms with Crippen LogP contribution in [0.4, 0.5) is 5.95 Å². The topological polar surface area (TPSA) is 114 Å². The van der Waals surface area contributed by atoms with E-state index >= 15 is 0 Å². The Kier molecular flexibility index (Phi) is 6.34. The van der Waals surface area contributed by atoms with E-state index in [0.29, 0.717) is 25.1 Å². The van der Waals surface area contributed by atoms with Gasteiger partial charge >= 0.3 is 0 Å². The van der Waals surface area contributed by atoms with Crippen molar-refractivity contribution in [2.75, 3.05) is 25.5 Å². The lowest BCUT2D eigenvalue weighted by molar-refractivity contribution is 0.203. The fourth-order valence-corrected chi connectivity index (χ4v) is 4.66. The van der Waals surface area contributed by atoms with Gasteiger partial charge < -0.3 is 10.1 Å². The van der Waals surface area contributed by atoms with Gasteiger partial charge in [-0.25, -0.2) is 9.67 Å². The molecular weight excluding hydrogens is 420 g/mol. The van der Waals surface area contributed by atoms with Crippen LogP contribution in [0.1, 0.15) is 48.3 Å². The van der Waals surface area contributed by atoms with Crippen LogP contribution < -0.4 is 15.6 Å². The minimum Gasteiger partial charge on any atom is -0.497 e. The Morgan fingerprint density at radius 2 is 1.91 bits per heavy atom. The molecule has 1 saturated heterocycles. The number of tetrazole rings is 1. The van der Waals surface area contributed by atoms with Gasteiger partial charge in [-0.2, -0.15) is 0 Å². The van der Waals surface area contributed by atoms with Gasteiger partial charge in [-0.05, 0) is 66.6 Å². The van der Waals surface area contributed by atoms with Gasteiger partial charge in [0.1, 0.15) is 5.75 Å². The zero-order valence-corrected chi connectivity index (χ0v) is 19.0. The number of anilines is 1. The Morgan fingerprint density at radius 1 is 1.12 bits per heavy atom. The number of fused-ring (bicyclic) bond motifs is 1. The highest BCUT2D eigenvalue weighted by molar-refractivity contribution is 5.32. The number of piperidine rings is 1. The van der Waals surface area contributed by atoms with Crippen LogP contribution in [0.3, 0.4) is 0 Å². The van der Waals surface area contributed by atoms with Crippen molar-refractivity contribution in [1.82, 2.24) is 35.1 Å². The van der Waals surface area contributed by atoms with Gasteiger partial charge in [0, 0.05) is 24.7 Å². The van der Waals surface area contributed by atoms with Crippen molar-refractivity contribution in [1.29, 1.82) is 0 Å². The van der Waals surface area contributed by atoms with Gasteiger partial charge in [-0.1, -0.05) is 12.1 Å². The smallest absolute Gasteiger partial charge is 0.255 e. The van der Waals surface area contributed by atoms with Crippen molar-refractivity contribution in [3.63, 3.8) is 0 Å². The molecule has 0 atom stereocenters. The SMILES string of the molecule is COc1ccc(Cn2nnnc2CN2CCC(Nc3nc4c(c(=O)[nH]3)CCCC4)CC2)cc1. The summed E-state index contributed by atoms with van der Waals surface area (Å²) >= 11 is 0. The summed E-state index contributed by atoms with van der Waals surface area (Å²) in [4.78, 5) is 22.4. The number of likely N-dealkylation sites (tertiary alicyclic amines) is 1. The molecule has 0 bridgehead atoms. The molecule has 0 spiro atoms. The normalized spacial score (nSPS) is 17.0. The molecule has 1 aromatic carbocycles. The summed E-state index contributed by atoms with van der Waals surface area (Å²) in [6.45, 7) is 3.20. The van der Waals surface area contributed by atoms with Gasteiger partial charge in [0.2, 0.25) is 5.95 Å². The summed E-state index contributed by atoms with van der Waals surface area (Å²) in [6, 6.07) is 8.24. The number of ether oxygens (including phenoxy) is 1. The largest absolute Gasteiger partial charge is 0.497 e. The molecule has 0 amide bonds. The molecule has 10 nitrogen and oxygen atoms in total. The number of aromatic amines is 1. The summed E-state index contributed by atoms with van der Waals surface area (Å²) in [6.07, 6.45) is 5.87. The van der Waals surface area contributed by atoms with Crippen LogP contribution in [0, 0.1) is 0 Å². The Hall–Kier alpha value is -3.27. The first kappa shape index (κ1) is 21.6. The van der Waals surface area contributed by atoms with Crippen molar-refractivity contribution in [3.8, 4) is 5.75 Å². The fraction of sp³-hybridized carbons (Fsp3) is 0.522. The molecule has 1 aliphatic heterocycles. The van der Waals surface area contributed by atoms with E-state index in [2.05, 4.69) is 30.7 Å². The number of methoxy groups -OCH3 is 1. The monoisotopic (exact) mass is 450 g/mol. The van der Waals surface area contributed by atoms with Gasteiger partial charge in [-0.15, -0.1) is 5.10 Å². The van der Waals surface area contributed by atoms with E-state index in [9.17, 15) is 4.79 Å². The number of hydrogen-bond donors (Lipinski definition) is 2. The maximum absolute atomic E-state index is 12.4. The number of rotatable bonds is 7. The summed E-state index contributed by atoms with van der Waals surface area (Å²) < 4.78 is 7.08. The predicted molar refractivity (Wildman–Crippen MR) is 123 cm³/mol. The van der Waals surface area contributed by atoms with Crippen LogP contribution in [0.5, 0.6) is 5.75 Å². The highest BCUT2D eigenvalue weighted by Crippen LogP contribution is 2.19. The lowest BCUT2D eigenvalue weighted by Gasteiger charge is -2.32. The number of hydrogen-bond acceptors (Lipinski definition) is 8. The molecule has 10 heteroatoms. The Labute approximate surface area is 192 Å². The van der Waals surface area contributed by atoms with Gasteiger partial charge in [-0.3, -0.25) is 14.7 Å². The quantitative estimate of drug-likeness (QED) is 0.560. The summed E-state index contributed by atoms with van der Waals surface area (Å²) in [5.41, 5.74) is 2.98. The van der Waals surface area contributed by atoms with E-state index in [1.807, 2.05) is 28.9 Å². The molecular formula is C23H30N8O2. The first-order valence-electron chi connectivity index (χ1n) is 11.7. The molecule has 3 heterocycles. The molecule has 2 aliphatic rings. The molecule has 5 rings (SSSR count). The Morgan fingerprint density at radius 3 is 2.70 bits per heavy atom. The fourth-order valence-electron chi connectivity index (χ4n) is 4.66. The molecule has 2 aromatic heterocycles. The highest BCUT2D eigenvalue weighted by atomic mass is 16.5. The first-order valence-corrected chi connectivity index (χ1v) is 11.7. The number of benzene rings is 1. The molecule has 3 aromatic rings. The Balaban J connectivity index is 1.15. The number of H-pyrrole nitrogens is 1. The van der Waals surface area contributed by atoms with E-state index in [1.165, 1.54) is 0 Å². The standard InChI is InChI=1S/C23H30N8O2/c1-33-18-8-6-16(7-9-18)14-31-21(27-28-29-31)15-30-12-10-17(11-13-30)24-23-25-20-5-3-2-4-19(20)22(32)26-23/h6-9,17H,2-5,10-15H2,1H3,(H2,24,25,26,32). The lowest BCUT2D eigenvalue weighted by Crippen LogP contribution is -2.40. The summed E-state index contributed by atoms with van der Waals surface area (Å²) in [5.74, 6) is 2.31. The molecule has 1 aliphatic carbocycles. The second-order valence-electron chi connectivity index (χ2n) is 8.84. The van der Waals surface area contributed by atoms with E-state index in [1.54, 1.807) is 7.11 Å². The minimum atomic E-state index is 0.0170. The second kappa shape index (κ2) is 9.70. The van der Waals surface area contributed by atoms with Crippen LogP contribution in [0.25, 0.3) is 0 Å². The molecule has 2 N–H and O–H groups in total. The van der Waals surface area contributed by atoms with Crippen molar-refractivity contribution < 1.29 is 4.74 Å². The van der Waals surface area contributed by atoms with Gasteiger partial charge in [0.15, 0.2) is 5.82 Å². The van der Waals surface area contributed by atoms with Crippen LogP contribution in [0.2, 0.25) is 0 Å². The van der Waals surface area contributed by atoms with E-state index in [0.717, 1.165) is 80.0 Å². The lowest BCUT2D eigenvalue weighted by atomic mass is 9.97. The van der Waals surface area contributed by atoms with E-state index < -0.39 is 0 Å². The third-order valence-electron chi connectivity index (χ3n) is 6.58. The van der Waals surface area contributed by atoms with E-state index in [-0.39, 0.29) is 5.56 Å². The number of nitrogens with zero attached hydrogens (tertiary/aromatic N) is 6. The maximum Gasteiger partial charge on any atom is 0.255 e. The third-order valence-corrected chi connectivity index (χ3v) is 6.58. The molecule has 1 fully saturated rings. The van der Waals surface area contributed by atoms with E-state index in [4.69, 9.17) is 9.72 Å². The second-order valence-corrected chi connectivity index (χ2v) is 8.84. The van der Waals surface area contributed by atoms with Gasteiger partial charge in [0.05, 0.1) is 25.9 Å². The van der Waals surface area contributed by atoms with Crippen molar-refractivity contribution in [2.24, 2.45) is 0 Å². The number of nitrogens with one attached hydrogen (secondary N) is 2. The van der Waals surface area contributed by atoms with Crippen LogP contribution >= 0.6 is 0 Å². The van der Waals surface area contributed by atoms with Crippen LogP contribution in [-0.2, 0) is 25.9 Å². The summed E-state index contributed by atoms with van der Waals surface area (Å²) in [5, 5.41) is 15.8. The van der Waals surface area contributed by atoms with Crippen molar-refractivity contribution in [3.05, 3.63) is 57.3 Å². The zero-order valence-electron chi connectivity index (χ0n) is 19.0. The molecule has 33 heavy (non-hydrogen) atoms. The number of aryl methyl sites for hydroxylation is 1. The average Bonchev–Trinajstić information content (AvgIpc) is 3.27. The minimum absolute atomic E-state index is 0.0170. The van der Waals surface area contributed by atoms with Crippen molar-refractivity contribution in [2.45, 2.75) is 57.7 Å². The zero-order chi connectivity index (χ0) is 22.6.